The molecule has 86 valence electrons. The van der Waals surface area contributed by atoms with E-state index >= 15 is 0 Å². The van der Waals surface area contributed by atoms with Crippen molar-refractivity contribution in [2.24, 2.45) is 5.92 Å². The Bertz CT molecular complexity index is 426. The van der Waals surface area contributed by atoms with Crippen molar-refractivity contribution in [1.82, 2.24) is 9.97 Å². The van der Waals surface area contributed by atoms with E-state index in [1.165, 1.54) is 11.2 Å². The van der Waals surface area contributed by atoms with Gasteiger partial charge in [-0.15, -0.1) is 11.6 Å². The maximum atomic E-state index is 11.7. The number of amides is 1. The fourth-order valence-corrected chi connectivity index (χ4v) is 2.01. The zero-order chi connectivity index (χ0) is 11.7. The van der Waals surface area contributed by atoms with E-state index in [2.05, 4.69) is 9.97 Å². The van der Waals surface area contributed by atoms with Crippen LogP contribution in [0.5, 0.6) is 0 Å². The van der Waals surface area contributed by atoms with Gasteiger partial charge in [-0.1, -0.05) is 11.6 Å². The molecule has 1 aromatic rings. The van der Waals surface area contributed by atoms with Gasteiger partial charge in [-0.25, -0.2) is 9.97 Å². The summed E-state index contributed by atoms with van der Waals surface area (Å²) < 4.78 is 0. The second-order valence-corrected chi connectivity index (χ2v) is 4.30. The molecule has 0 saturated carbocycles. The van der Waals surface area contributed by atoms with Crippen LogP contribution in [0, 0.1) is 5.92 Å². The Kier molecular flexibility index (Phi) is 3.16. The topological polar surface area (TPSA) is 72.1 Å². The number of hydrogen-bond donors (Lipinski definition) is 1. The van der Waals surface area contributed by atoms with Gasteiger partial charge in [-0.3, -0.25) is 9.69 Å². The van der Waals surface area contributed by atoms with E-state index in [4.69, 9.17) is 28.9 Å². The molecular formula is C9H10Cl2N4O. The van der Waals surface area contributed by atoms with Crippen molar-refractivity contribution in [3.8, 4) is 0 Å². The predicted octanol–water partition coefficient (Wildman–Crippen LogP) is 1.30. The van der Waals surface area contributed by atoms with Crippen LogP contribution < -0.4 is 10.6 Å². The highest BCUT2D eigenvalue weighted by Gasteiger charge is 2.32. The molecule has 0 radical (unpaired) electrons. The SMILES string of the molecule is Nc1c(Cl)ncnc1N1CC(CCl)CC1=O. The molecule has 1 aromatic heterocycles. The first kappa shape index (κ1) is 11.4. The van der Waals surface area contributed by atoms with Crippen molar-refractivity contribution in [3.05, 3.63) is 11.5 Å². The van der Waals surface area contributed by atoms with Gasteiger partial charge in [0.05, 0.1) is 0 Å². The van der Waals surface area contributed by atoms with Gasteiger partial charge >= 0.3 is 0 Å². The minimum Gasteiger partial charge on any atom is -0.393 e. The predicted molar refractivity (Wildman–Crippen MR) is 62.6 cm³/mol. The molecule has 0 aromatic carbocycles. The van der Waals surface area contributed by atoms with Crippen molar-refractivity contribution in [1.29, 1.82) is 0 Å². The lowest BCUT2D eigenvalue weighted by molar-refractivity contribution is -0.117. The highest BCUT2D eigenvalue weighted by atomic mass is 35.5. The van der Waals surface area contributed by atoms with Gasteiger partial charge in [0, 0.05) is 18.8 Å². The molecule has 1 aliphatic rings. The van der Waals surface area contributed by atoms with E-state index in [9.17, 15) is 4.79 Å². The smallest absolute Gasteiger partial charge is 0.228 e. The summed E-state index contributed by atoms with van der Waals surface area (Å²) in [6, 6.07) is 0. The maximum Gasteiger partial charge on any atom is 0.228 e. The van der Waals surface area contributed by atoms with Gasteiger partial charge in [-0.2, -0.15) is 0 Å². The minimum atomic E-state index is -0.0351. The number of hydrogen-bond acceptors (Lipinski definition) is 4. The van der Waals surface area contributed by atoms with Crippen LogP contribution in [0.25, 0.3) is 0 Å². The highest BCUT2D eigenvalue weighted by molar-refractivity contribution is 6.32. The first-order chi connectivity index (χ1) is 7.63. The number of nitrogen functional groups attached to an aromatic ring is 1. The molecule has 5 nitrogen and oxygen atoms in total. The third-order valence-electron chi connectivity index (χ3n) is 2.49. The average molecular weight is 261 g/mol. The molecule has 2 heterocycles. The largest absolute Gasteiger partial charge is 0.393 e. The Labute approximate surface area is 103 Å². The Morgan fingerprint density at radius 2 is 2.31 bits per heavy atom. The molecule has 1 amide bonds. The molecule has 1 unspecified atom stereocenters. The zero-order valence-electron chi connectivity index (χ0n) is 8.36. The highest BCUT2D eigenvalue weighted by Crippen LogP contribution is 2.30. The lowest BCUT2D eigenvalue weighted by atomic mass is 10.1. The summed E-state index contributed by atoms with van der Waals surface area (Å²) in [6.07, 6.45) is 1.71. The average Bonchev–Trinajstić information content (AvgIpc) is 2.64. The Balaban J connectivity index is 2.31. The number of aromatic nitrogens is 2. The van der Waals surface area contributed by atoms with Crippen LogP contribution in [0.4, 0.5) is 11.5 Å². The van der Waals surface area contributed by atoms with Gasteiger partial charge in [0.1, 0.15) is 12.0 Å². The van der Waals surface area contributed by atoms with Crippen molar-refractivity contribution in [2.45, 2.75) is 6.42 Å². The molecule has 2 N–H and O–H groups in total. The summed E-state index contributed by atoms with van der Waals surface area (Å²) in [5, 5.41) is 0.159. The van der Waals surface area contributed by atoms with E-state index < -0.39 is 0 Å². The van der Waals surface area contributed by atoms with Crippen molar-refractivity contribution >= 4 is 40.6 Å². The zero-order valence-corrected chi connectivity index (χ0v) is 9.87. The lowest BCUT2D eigenvalue weighted by Gasteiger charge is -2.16. The summed E-state index contributed by atoms with van der Waals surface area (Å²) in [7, 11) is 0. The molecule has 2 rings (SSSR count). The van der Waals surface area contributed by atoms with E-state index in [1.54, 1.807) is 0 Å². The summed E-state index contributed by atoms with van der Waals surface area (Å²) in [5.74, 6) is 0.924. The summed E-state index contributed by atoms with van der Waals surface area (Å²) >= 11 is 11.5. The van der Waals surface area contributed by atoms with Crippen LogP contribution in [-0.4, -0.2) is 28.3 Å². The normalized spacial score (nSPS) is 20.5. The third kappa shape index (κ3) is 1.92. The van der Waals surface area contributed by atoms with Crippen LogP contribution >= 0.6 is 23.2 Å². The first-order valence-corrected chi connectivity index (χ1v) is 5.67. The van der Waals surface area contributed by atoms with Crippen LogP contribution in [-0.2, 0) is 4.79 Å². The molecule has 16 heavy (non-hydrogen) atoms. The molecule has 7 heteroatoms. The number of nitrogens with zero attached hydrogens (tertiary/aromatic N) is 3. The number of rotatable bonds is 2. The molecule has 0 bridgehead atoms. The Morgan fingerprint density at radius 3 is 2.94 bits per heavy atom. The number of alkyl halides is 1. The molecule has 0 spiro atoms. The number of anilines is 2. The molecular weight excluding hydrogens is 251 g/mol. The lowest BCUT2D eigenvalue weighted by Crippen LogP contribution is -2.27. The Morgan fingerprint density at radius 1 is 1.56 bits per heavy atom. The number of carbonyl (C=O) groups is 1. The monoisotopic (exact) mass is 260 g/mol. The van der Waals surface area contributed by atoms with Gasteiger partial charge in [0.15, 0.2) is 11.0 Å². The number of halogens is 2. The van der Waals surface area contributed by atoms with Crippen molar-refractivity contribution < 1.29 is 4.79 Å². The molecule has 1 aliphatic heterocycles. The fourth-order valence-electron chi connectivity index (χ4n) is 1.67. The van der Waals surface area contributed by atoms with E-state index in [1.807, 2.05) is 0 Å². The van der Waals surface area contributed by atoms with E-state index in [0.717, 1.165) is 0 Å². The van der Waals surface area contributed by atoms with Gasteiger partial charge < -0.3 is 5.73 Å². The van der Waals surface area contributed by atoms with Crippen molar-refractivity contribution in [2.75, 3.05) is 23.1 Å². The Hall–Kier alpha value is -1.07. The molecule has 1 fully saturated rings. The third-order valence-corrected chi connectivity index (χ3v) is 3.23. The second-order valence-electron chi connectivity index (χ2n) is 3.63. The van der Waals surface area contributed by atoms with Gasteiger partial charge in [0.25, 0.3) is 0 Å². The van der Waals surface area contributed by atoms with Crippen LogP contribution in [0.15, 0.2) is 6.33 Å². The molecule has 0 aliphatic carbocycles. The van der Waals surface area contributed by atoms with E-state index in [-0.39, 0.29) is 22.7 Å². The van der Waals surface area contributed by atoms with E-state index in [0.29, 0.717) is 24.7 Å². The maximum absolute atomic E-state index is 11.7. The van der Waals surface area contributed by atoms with Crippen LogP contribution in [0.1, 0.15) is 6.42 Å². The second kappa shape index (κ2) is 4.43. The molecule has 1 atom stereocenters. The summed E-state index contributed by atoms with van der Waals surface area (Å²) in [6.45, 7) is 0.528. The minimum absolute atomic E-state index is 0.0351. The summed E-state index contributed by atoms with van der Waals surface area (Å²) in [4.78, 5) is 20.9. The quantitative estimate of drug-likeness (QED) is 0.643. The summed E-state index contributed by atoms with van der Waals surface area (Å²) in [5.41, 5.74) is 5.96. The van der Waals surface area contributed by atoms with Gasteiger partial charge in [0.2, 0.25) is 5.91 Å². The standard InChI is InChI=1S/C9H10Cl2N4O/c10-2-5-1-6(16)15(3-5)9-7(12)8(11)13-4-14-9/h4-5H,1-3,12H2. The van der Waals surface area contributed by atoms with Crippen molar-refractivity contribution in [3.63, 3.8) is 0 Å². The molecule has 1 saturated heterocycles. The fraction of sp³-hybridized carbons (Fsp3) is 0.444. The first-order valence-electron chi connectivity index (χ1n) is 4.75. The number of carbonyl (C=O) groups excluding carboxylic acids is 1. The van der Waals surface area contributed by atoms with Crippen LogP contribution in [0.2, 0.25) is 5.15 Å². The number of nitrogens with two attached hydrogens (primary N) is 1. The van der Waals surface area contributed by atoms with Crippen LogP contribution in [0.3, 0.4) is 0 Å². The van der Waals surface area contributed by atoms with Gasteiger partial charge in [-0.05, 0) is 5.92 Å².